The zero-order valence-electron chi connectivity index (χ0n) is 9.37. The van der Waals surface area contributed by atoms with Gasteiger partial charge in [-0.3, -0.25) is 0 Å². The van der Waals surface area contributed by atoms with Crippen molar-refractivity contribution in [1.29, 1.82) is 0 Å². The van der Waals surface area contributed by atoms with Gasteiger partial charge in [0, 0.05) is 13.2 Å². The molecule has 2 heteroatoms. The third-order valence-electron chi connectivity index (χ3n) is 3.13. The summed E-state index contributed by atoms with van der Waals surface area (Å²) in [5, 5.41) is 9.75. The van der Waals surface area contributed by atoms with Gasteiger partial charge in [0.2, 0.25) is 0 Å². The lowest BCUT2D eigenvalue weighted by molar-refractivity contribution is 0.0706. The highest BCUT2D eigenvalue weighted by Crippen LogP contribution is 2.27. The predicted molar refractivity (Wildman–Crippen MR) is 58.3 cm³/mol. The Morgan fingerprint density at radius 2 is 2.00 bits per heavy atom. The van der Waals surface area contributed by atoms with Crippen LogP contribution in [-0.2, 0) is 4.74 Å². The minimum absolute atomic E-state index is 0.135. The Bertz CT molecular complexity index is 130. The van der Waals surface area contributed by atoms with Crippen molar-refractivity contribution in [3.8, 4) is 0 Å². The van der Waals surface area contributed by atoms with E-state index in [2.05, 4.69) is 0 Å². The van der Waals surface area contributed by atoms with Crippen LogP contribution in [0.5, 0.6) is 0 Å². The fourth-order valence-electron chi connectivity index (χ4n) is 2.29. The molecule has 1 aliphatic carbocycles. The molecule has 0 amide bonds. The highest BCUT2D eigenvalue weighted by Gasteiger charge is 2.17. The van der Waals surface area contributed by atoms with Gasteiger partial charge in [-0.25, -0.2) is 0 Å². The monoisotopic (exact) mass is 200 g/mol. The van der Waals surface area contributed by atoms with Gasteiger partial charge in [0.25, 0.3) is 0 Å². The predicted octanol–water partition coefficient (Wildman–Crippen LogP) is 2.74. The molecule has 2 nitrogen and oxygen atoms in total. The van der Waals surface area contributed by atoms with Crippen LogP contribution in [0.3, 0.4) is 0 Å². The summed E-state index contributed by atoms with van der Waals surface area (Å²) < 4.78 is 5.23. The minimum Gasteiger partial charge on any atom is -0.393 e. The third-order valence-corrected chi connectivity index (χ3v) is 3.13. The van der Waals surface area contributed by atoms with Gasteiger partial charge >= 0.3 is 0 Å². The molecule has 0 aromatic heterocycles. The molecule has 1 N–H and O–H groups in total. The Morgan fingerprint density at radius 1 is 1.29 bits per heavy atom. The molecule has 14 heavy (non-hydrogen) atoms. The molecule has 0 bridgehead atoms. The van der Waals surface area contributed by atoms with Crippen molar-refractivity contribution in [1.82, 2.24) is 0 Å². The highest BCUT2D eigenvalue weighted by molar-refractivity contribution is 4.69. The van der Waals surface area contributed by atoms with E-state index in [1.54, 1.807) is 0 Å². The average Bonchev–Trinajstić information content (AvgIpc) is 2.20. The van der Waals surface area contributed by atoms with Crippen LogP contribution in [0.1, 0.15) is 51.9 Å². The first-order valence-corrected chi connectivity index (χ1v) is 6.08. The SMILES string of the molecule is CCOCCC(O)CC1CCCCC1. The number of hydrogen-bond donors (Lipinski definition) is 1. The molecule has 1 atom stereocenters. The van der Waals surface area contributed by atoms with Crippen molar-refractivity contribution in [2.45, 2.75) is 58.0 Å². The summed E-state index contributed by atoms with van der Waals surface area (Å²) in [7, 11) is 0. The van der Waals surface area contributed by atoms with Gasteiger partial charge in [-0.15, -0.1) is 0 Å². The minimum atomic E-state index is -0.135. The van der Waals surface area contributed by atoms with Crippen LogP contribution in [0.2, 0.25) is 0 Å². The Labute approximate surface area is 87.7 Å². The smallest absolute Gasteiger partial charge is 0.0564 e. The molecule has 1 unspecified atom stereocenters. The lowest BCUT2D eigenvalue weighted by atomic mass is 9.85. The molecule has 1 fully saturated rings. The second-order valence-corrected chi connectivity index (χ2v) is 4.38. The second-order valence-electron chi connectivity index (χ2n) is 4.38. The number of hydrogen-bond acceptors (Lipinski definition) is 2. The highest BCUT2D eigenvalue weighted by atomic mass is 16.5. The first-order valence-electron chi connectivity index (χ1n) is 6.08. The van der Waals surface area contributed by atoms with Crippen LogP contribution in [-0.4, -0.2) is 24.4 Å². The number of aliphatic hydroxyl groups excluding tert-OH is 1. The van der Waals surface area contributed by atoms with Gasteiger partial charge in [-0.1, -0.05) is 32.1 Å². The molecule has 0 aliphatic heterocycles. The van der Waals surface area contributed by atoms with Crippen molar-refractivity contribution in [2.75, 3.05) is 13.2 Å². The molecule has 0 heterocycles. The van der Waals surface area contributed by atoms with E-state index in [1.807, 2.05) is 6.92 Å². The van der Waals surface area contributed by atoms with E-state index >= 15 is 0 Å². The van der Waals surface area contributed by atoms with E-state index in [9.17, 15) is 5.11 Å². The summed E-state index contributed by atoms with van der Waals surface area (Å²) in [6.07, 6.45) is 8.44. The van der Waals surface area contributed by atoms with Crippen molar-refractivity contribution >= 4 is 0 Å². The van der Waals surface area contributed by atoms with E-state index in [4.69, 9.17) is 4.74 Å². The summed E-state index contributed by atoms with van der Waals surface area (Å²) in [5.74, 6) is 0.778. The normalized spacial score (nSPS) is 21.0. The summed E-state index contributed by atoms with van der Waals surface area (Å²) in [4.78, 5) is 0. The van der Waals surface area contributed by atoms with Gasteiger partial charge in [0.05, 0.1) is 6.10 Å². The fourth-order valence-corrected chi connectivity index (χ4v) is 2.29. The molecule has 0 saturated heterocycles. The van der Waals surface area contributed by atoms with Crippen molar-refractivity contribution in [3.63, 3.8) is 0 Å². The molecule has 1 saturated carbocycles. The second kappa shape index (κ2) is 7.24. The van der Waals surface area contributed by atoms with Crippen LogP contribution >= 0.6 is 0 Å². The van der Waals surface area contributed by atoms with Gasteiger partial charge in [-0.2, -0.15) is 0 Å². The van der Waals surface area contributed by atoms with Gasteiger partial charge in [0.1, 0.15) is 0 Å². The van der Waals surface area contributed by atoms with Crippen molar-refractivity contribution < 1.29 is 9.84 Å². The van der Waals surface area contributed by atoms with Crippen LogP contribution in [0.4, 0.5) is 0 Å². The van der Waals surface area contributed by atoms with E-state index in [0.717, 1.165) is 25.4 Å². The zero-order valence-corrected chi connectivity index (χ0v) is 9.37. The summed E-state index contributed by atoms with van der Waals surface area (Å²) in [6.45, 7) is 3.47. The third kappa shape index (κ3) is 4.97. The van der Waals surface area contributed by atoms with Crippen molar-refractivity contribution in [2.24, 2.45) is 5.92 Å². The van der Waals surface area contributed by atoms with Crippen molar-refractivity contribution in [3.05, 3.63) is 0 Å². The van der Waals surface area contributed by atoms with Gasteiger partial charge in [0.15, 0.2) is 0 Å². The average molecular weight is 200 g/mol. The largest absolute Gasteiger partial charge is 0.393 e. The quantitative estimate of drug-likeness (QED) is 0.668. The van der Waals surface area contributed by atoms with Gasteiger partial charge < -0.3 is 9.84 Å². The molecular weight excluding hydrogens is 176 g/mol. The summed E-state index contributed by atoms with van der Waals surface area (Å²) >= 11 is 0. The Morgan fingerprint density at radius 3 is 2.64 bits per heavy atom. The maximum Gasteiger partial charge on any atom is 0.0564 e. The molecular formula is C12H24O2. The molecule has 1 aliphatic rings. The first kappa shape index (κ1) is 12.0. The summed E-state index contributed by atoms with van der Waals surface area (Å²) in [5.41, 5.74) is 0. The Hall–Kier alpha value is -0.0800. The van der Waals surface area contributed by atoms with Crippen LogP contribution in [0, 0.1) is 5.92 Å². The molecule has 0 spiro atoms. The Balaban J connectivity index is 2.03. The molecule has 1 rings (SSSR count). The summed E-state index contributed by atoms with van der Waals surface area (Å²) in [6, 6.07) is 0. The molecule has 84 valence electrons. The first-order chi connectivity index (χ1) is 6.83. The van der Waals surface area contributed by atoms with E-state index in [1.165, 1.54) is 32.1 Å². The topological polar surface area (TPSA) is 29.5 Å². The number of aliphatic hydroxyl groups is 1. The molecule has 0 aromatic rings. The van der Waals surface area contributed by atoms with Crippen LogP contribution in [0.25, 0.3) is 0 Å². The molecule has 0 radical (unpaired) electrons. The van der Waals surface area contributed by atoms with Crippen LogP contribution < -0.4 is 0 Å². The van der Waals surface area contributed by atoms with Gasteiger partial charge in [-0.05, 0) is 25.7 Å². The van der Waals surface area contributed by atoms with E-state index in [0.29, 0.717) is 6.61 Å². The zero-order chi connectivity index (χ0) is 10.2. The lowest BCUT2D eigenvalue weighted by Gasteiger charge is -2.23. The van der Waals surface area contributed by atoms with Crippen LogP contribution in [0.15, 0.2) is 0 Å². The maximum absolute atomic E-state index is 9.75. The number of rotatable bonds is 6. The fraction of sp³-hybridized carbons (Fsp3) is 1.00. The Kier molecular flexibility index (Phi) is 6.20. The maximum atomic E-state index is 9.75. The van der Waals surface area contributed by atoms with E-state index < -0.39 is 0 Å². The molecule has 0 aromatic carbocycles. The number of ether oxygens (including phenoxy) is 1. The lowest BCUT2D eigenvalue weighted by Crippen LogP contribution is -2.17. The van der Waals surface area contributed by atoms with E-state index in [-0.39, 0.29) is 6.10 Å². The standard InChI is InChI=1S/C12H24O2/c1-2-14-9-8-12(13)10-11-6-4-3-5-7-11/h11-13H,2-10H2,1H3.